The molecule has 13 heteroatoms. The minimum Gasteiger partial charge on any atom is -0.377 e. The lowest BCUT2D eigenvalue weighted by Gasteiger charge is -2.37. The summed E-state index contributed by atoms with van der Waals surface area (Å²) in [4.78, 5) is 13.6. The monoisotopic (exact) mass is 698 g/mol. The number of aliphatic hydroxyl groups is 1. The molecule has 5 aromatic rings. The number of piperazine rings is 1. The van der Waals surface area contributed by atoms with E-state index in [4.69, 9.17) is 4.99 Å². The van der Waals surface area contributed by atoms with E-state index in [-0.39, 0.29) is 5.41 Å². The molecular formula is C38H38F4N8O. The molecule has 1 fully saturated rings. The van der Waals surface area contributed by atoms with E-state index in [2.05, 4.69) is 69.3 Å². The summed E-state index contributed by atoms with van der Waals surface area (Å²) in [6, 6.07) is 19.0. The molecule has 2 aromatic heterocycles. The highest BCUT2D eigenvalue weighted by Crippen LogP contribution is 2.47. The molecule has 51 heavy (non-hydrogen) atoms. The number of nitrogens with zero attached hydrogens (tertiary/aromatic N) is 8. The van der Waals surface area contributed by atoms with Crippen LogP contribution in [0, 0.1) is 17.0 Å². The highest BCUT2D eigenvalue weighted by atomic mass is 19.3. The van der Waals surface area contributed by atoms with E-state index in [1.165, 1.54) is 29.2 Å². The van der Waals surface area contributed by atoms with Crippen molar-refractivity contribution >= 4 is 22.8 Å². The van der Waals surface area contributed by atoms with Gasteiger partial charge in [-0.3, -0.25) is 9.98 Å². The van der Waals surface area contributed by atoms with Crippen molar-refractivity contribution in [2.45, 2.75) is 51.7 Å². The van der Waals surface area contributed by atoms with Crippen LogP contribution in [0.5, 0.6) is 0 Å². The molecule has 1 saturated heterocycles. The second kappa shape index (κ2) is 13.2. The first-order chi connectivity index (χ1) is 24.3. The summed E-state index contributed by atoms with van der Waals surface area (Å²) in [6.45, 7) is 9.23. The number of hydrogen-bond acceptors (Lipinski definition) is 8. The summed E-state index contributed by atoms with van der Waals surface area (Å²) < 4.78 is 61.7. The van der Waals surface area contributed by atoms with E-state index in [9.17, 15) is 13.9 Å². The molecule has 2 aliphatic rings. The summed E-state index contributed by atoms with van der Waals surface area (Å²) in [5.74, 6) is -6.45. The minimum atomic E-state index is -4.13. The number of halogens is 4. The van der Waals surface area contributed by atoms with Gasteiger partial charge >= 0.3 is 5.92 Å². The van der Waals surface area contributed by atoms with Crippen molar-refractivity contribution in [1.82, 2.24) is 25.2 Å². The first-order valence-corrected chi connectivity index (χ1v) is 16.8. The topological polar surface area (TPSA) is 95.6 Å². The maximum absolute atomic E-state index is 16.2. The van der Waals surface area contributed by atoms with Gasteiger partial charge in [-0.1, -0.05) is 39.0 Å². The third-order valence-corrected chi connectivity index (χ3v) is 9.44. The Kier molecular flexibility index (Phi) is 8.86. The van der Waals surface area contributed by atoms with Gasteiger partial charge in [0.05, 0.1) is 12.2 Å². The third kappa shape index (κ3) is 6.94. The van der Waals surface area contributed by atoms with Crippen molar-refractivity contribution in [1.29, 1.82) is 0 Å². The maximum atomic E-state index is 16.2. The second-order valence-corrected chi connectivity index (χ2v) is 14.4. The minimum absolute atomic E-state index is 0.208. The van der Waals surface area contributed by atoms with Gasteiger partial charge in [0, 0.05) is 73.1 Å². The van der Waals surface area contributed by atoms with Crippen molar-refractivity contribution in [3.05, 3.63) is 114 Å². The highest BCUT2D eigenvalue weighted by Gasteiger charge is 2.58. The van der Waals surface area contributed by atoms with Gasteiger partial charge in [-0.25, -0.2) is 13.5 Å². The SMILES string of the molecule is CC(C)(C)CC1=Nc2ccc(N3CCN(c4ccc(-c5ccc(C(F)(F)[C@](O)(Cn6cnnn6)c6ccc(F)cc6F)nc5)cc4)CC3)cc2C1. The smallest absolute Gasteiger partial charge is 0.323 e. The average Bonchev–Trinajstić information content (AvgIpc) is 3.76. The average molecular weight is 699 g/mol. The molecule has 264 valence electrons. The van der Waals surface area contributed by atoms with Crippen molar-refractivity contribution in [2.24, 2.45) is 10.4 Å². The number of anilines is 2. The molecule has 0 bridgehead atoms. The normalized spacial score (nSPS) is 16.2. The van der Waals surface area contributed by atoms with Crippen molar-refractivity contribution < 1.29 is 22.7 Å². The molecule has 0 saturated carbocycles. The summed E-state index contributed by atoms with van der Waals surface area (Å²) >= 11 is 0. The van der Waals surface area contributed by atoms with E-state index in [1.807, 2.05) is 24.3 Å². The first kappa shape index (κ1) is 34.3. The molecule has 1 N–H and O–H groups in total. The Morgan fingerprint density at radius 2 is 1.49 bits per heavy atom. The Labute approximate surface area is 293 Å². The zero-order valence-electron chi connectivity index (χ0n) is 28.6. The molecule has 0 radical (unpaired) electrons. The number of fused-ring (bicyclic) bond motifs is 1. The molecule has 4 heterocycles. The van der Waals surface area contributed by atoms with Gasteiger partial charge < -0.3 is 14.9 Å². The Morgan fingerprint density at radius 3 is 2.12 bits per heavy atom. The van der Waals surface area contributed by atoms with Gasteiger partial charge in [0.1, 0.15) is 23.7 Å². The Hall–Kier alpha value is -5.17. The molecule has 3 aromatic carbocycles. The van der Waals surface area contributed by atoms with E-state index in [0.717, 1.165) is 85.2 Å². The number of aromatic nitrogens is 5. The number of hydrogen-bond donors (Lipinski definition) is 1. The zero-order chi connectivity index (χ0) is 36.0. The van der Waals surface area contributed by atoms with E-state index < -0.39 is 41.0 Å². The Bertz CT molecular complexity index is 2040. The lowest BCUT2D eigenvalue weighted by Crippen LogP contribution is -2.48. The van der Waals surface area contributed by atoms with Crippen LogP contribution in [0.1, 0.15) is 44.0 Å². The summed E-state index contributed by atoms with van der Waals surface area (Å²) in [5.41, 5.74) is 2.61. The van der Waals surface area contributed by atoms with E-state index in [0.29, 0.717) is 11.6 Å². The van der Waals surface area contributed by atoms with Crippen molar-refractivity contribution in [3.8, 4) is 11.1 Å². The van der Waals surface area contributed by atoms with Crippen LogP contribution in [-0.2, 0) is 24.5 Å². The summed E-state index contributed by atoms with van der Waals surface area (Å²) in [5, 5.41) is 21.8. The Balaban J connectivity index is 1.02. The largest absolute Gasteiger partial charge is 0.377 e. The van der Waals surface area contributed by atoms with Gasteiger partial charge in [0.25, 0.3) is 0 Å². The van der Waals surface area contributed by atoms with Crippen LogP contribution in [0.3, 0.4) is 0 Å². The number of rotatable bonds is 9. The molecule has 0 amide bonds. The van der Waals surface area contributed by atoms with Crippen molar-refractivity contribution in [2.75, 3.05) is 36.0 Å². The lowest BCUT2D eigenvalue weighted by molar-refractivity contribution is -0.207. The zero-order valence-corrected chi connectivity index (χ0v) is 28.6. The number of aliphatic imine (C=N–C) groups is 1. The highest BCUT2D eigenvalue weighted by molar-refractivity contribution is 5.94. The third-order valence-electron chi connectivity index (χ3n) is 9.44. The number of alkyl halides is 2. The number of benzene rings is 3. The molecule has 0 unspecified atom stereocenters. The molecule has 0 aliphatic carbocycles. The van der Waals surface area contributed by atoms with Crippen LogP contribution in [-0.4, -0.2) is 62.2 Å². The Morgan fingerprint density at radius 1 is 0.804 bits per heavy atom. The van der Waals surface area contributed by atoms with E-state index >= 15 is 8.78 Å². The predicted molar refractivity (Wildman–Crippen MR) is 187 cm³/mol. The fraction of sp³-hybridized carbons (Fsp3) is 0.342. The van der Waals surface area contributed by atoms with Crippen molar-refractivity contribution in [3.63, 3.8) is 0 Å². The predicted octanol–water partition coefficient (Wildman–Crippen LogP) is 7.08. The van der Waals surface area contributed by atoms with Gasteiger partial charge in [0.15, 0.2) is 5.60 Å². The molecule has 7 rings (SSSR count). The quantitative estimate of drug-likeness (QED) is 0.164. The van der Waals surface area contributed by atoms with Gasteiger partial charge in [-0.15, -0.1) is 5.10 Å². The molecule has 0 spiro atoms. The fourth-order valence-corrected chi connectivity index (χ4v) is 6.88. The lowest BCUT2D eigenvalue weighted by atomic mass is 9.84. The van der Waals surface area contributed by atoms with Crippen LogP contribution < -0.4 is 9.80 Å². The maximum Gasteiger partial charge on any atom is 0.323 e. The standard InChI is InChI=1S/C38H38F4N8O/c1-36(2,3)21-29-18-27-19-31(10-12-34(27)45-29)49-16-14-48(15-17-49)30-8-4-25(5-9-30)26-6-13-35(43-22-26)38(41,42)37(51,23-50-24-44-46-47-50)32-11-7-28(39)20-33(32)40/h4-13,19-20,22,24,51H,14-18,21,23H2,1-3H3/t37-/m0/s1. The second-order valence-electron chi connectivity index (χ2n) is 14.4. The van der Waals surface area contributed by atoms with Crippen LogP contribution in [0.4, 0.5) is 34.6 Å². The molecule has 1 atom stereocenters. The van der Waals surface area contributed by atoms with Gasteiger partial charge in [0.2, 0.25) is 0 Å². The number of tetrazole rings is 1. The molecule has 9 nitrogen and oxygen atoms in total. The van der Waals surface area contributed by atoms with Crippen LogP contribution in [0.15, 0.2) is 90.3 Å². The van der Waals surface area contributed by atoms with Crippen LogP contribution in [0.25, 0.3) is 11.1 Å². The summed E-state index contributed by atoms with van der Waals surface area (Å²) in [6.07, 6.45) is 4.19. The fourth-order valence-electron chi connectivity index (χ4n) is 6.88. The van der Waals surface area contributed by atoms with Gasteiger partial charge in [-0.05, 0) is 81.9 Å². The first-order valence-electron chi connectivity index (χ1n) is 16.8. The number of pyridine rings is 1. The molecule has 2 aliphatic heterocycles. The summed E-state index contributed by atoms with van der Waals surface area (Å²) in [7, 11) is 0. The van der Waals surface area contributed by atoms with Gasteiger partial charge in [-0.2, -0.15) is 8.78 Å². The molecular weight excluding hydrogens is 660 g/mol. The van der Waals surface area contributed by atoms with Crippen LogP contribution in [0.2, 0.25) is 0 Å². The van der Waals surface area contributed by atoms with Crippen LogP contribution >= 0.6 is 0 Å². The van der Waals surface area contributed by atoms with E-state index in [1.54, 1.807) is 0 Å².